The summed E-state index contributed by atoms with van der Waals surface area (Å²) in [6.07, 6.45) is 3.34. The molecule has 0 bridgehead atoms. The number of anilines is 3. The SMILES string of the molecule is Cc1csc(C(=O)Nc2cnc(N3CCN(c4ccccc4)CC3)nc2)c1. The van der Waals surface area contributed by atoms with Crippen LogP contribution in [0.15, 0.2) is 54.2 Å². The molecule has 27 heavy (non-hydrogen) atoms. The van der Waals surface area contributed by atoms with Crippen molar-refractivity contribution in [3.63, 3.8) is 0 Å². The zero-order chi connectivity index (χ0) is 18.6. The second-order valence-electron chi connectivity index (χ2n) is 6.52. The Morgan fingerprint density at radius 1 is 1.04 bits per heavy atom. The number of para-hydroxylation sites is 1. The molecule has 0 spiro atoms. The highest BCUT2D eigenvalue weighted by atomic mass is 32.1. The van der Waals surface area contributed by atoms with Crippen LogP contribution in [0.25, 0.3) is 0 Å². The maximum Gasteiger partial charge on any atom is 0.265 e. The first-order chi connectivity index (χ1) is 13.2. The van der Waals surface area contributed by atoms with Gasteiger partial charge in [-0.05, 0) is 36.1 Å². The molecule has 1 aliphatic heterocycles. The van der Waals surface area contributed by atoms with E-state index in [0.29, 0.717) is 16.5 Å². The second kappa shape index (κ2) is 7.75. The molecule has 3 aromatic rings. The number of carbonyl (C=O) groups is 1. The molecule has 2 aromatic heterocycles. The van der Waals surface area contributed by atoms with Gasteiger partial charge in [0, 0.05) is 31.9 Å². The first-order valence-electron chi connectivity index (χ1n) is 8.92. The summed E-state index contributed by atoms with van der Waals surface area (Å²) in [6, 6.07) is 12.3. The highest BCUT2D eigenvalue weighted by Gasteiger charge is 2.19. The molecule has 1 N–H and O–H groups in total. The van der Waals surface area contributed by atoms with Gasteiger partial charge in [0.05, 0.1) is 23.0 Å². The molecule has 1 saturated heterocycles. The maximum absolute atomic E-state index is 12.2. The van der Waals surface area contributed by atoms with Gasteiger partial charge in [-0.2, -0.15) is 0 Å². The molecular formula is C20H21N5OS. The summed E-state index contributed by atoms with van der Waals surface area (Å²) < 4.78 is 0. The van der Waals surface area contributed by atoms with Gasteiger partial charge in [0.15, 0.2) is 0 Å². The lowest BCUT2D eigenvalue weighted by molar-refractivity contribution is 0.103. The highest BCUT2D eigenvalue weighted by Crippen LogP contribution is 2.19. The number of nitrogens with one attached hydrogen (secondary N) is 1. The van der Waals surface area contributed by atoms with Gasteiger partial charge in [-0.3, -0.25) is 4.79 Å². The fourth-order valence-corrected chi connectivity index (χ4v) is 3.89. The van der Waals surface area contributed by atoms with Crippen LogP contribution >= 0.6 is 11.3 Å². The summed E-state index contributed by atoms with van der Waals surface area (Å²) in [7, 11) is 0. The standard InChI is InChI=1S/C20H21N5OS/c1-15-11-18(27-14-15)19(26)23-16-12-21-20(22-13-16)25-9-7-24(8-10-25)17-5-3-2-4-6-17/h2-6,11-14H,7-10H2,1H3,(H,23,26). The van der Waals surface area contributed by atoms with Gasteiger partial charge in [0.1, 0.15) is 0 Å². The van der Waals surface area contributed by atoms with Crippen molar-refractivity contribution < 1.29 is 4.79 Å². The number of hydrogen-bond acceptors (Lipinski definition) is 6. The summed E-state index contributed by atoms with van der Waals surface area (Å²) in [5, 5.41) is 4.81. The molecule has 0 atom stereocenters. The zero-order valence-electron chi connectivity index (χ0n) is 15.1. The van der Waals surface area contributed by atoms with Crippen molar-refractivity contribution in [2.24, 2.45) is 0 Å². The summed E-state index contributed by atoms with van der Waals surface area (Å²) >= 11 is 1.44. The smallest absolute Gasteiger partial charge is 0.265 e. The minimum Gasteiger partial charge on any atom is -0.368 e. The Morgan fingerprint density at radius 2 is 1.70 bits per heavy atom. The molecule has 138 valence electrons. The Hall–Kier alpha value is -2.93. The van der Waals surface area contributed by atoms with E-state index >= 15 is 0 Å². The predicted octanol–water partition coefficient (Wildman–Crippen LogP) is 3.43. The van der Waals surface area contributed by atoms with E-state index in [1.807, 2.05) is 24.4 Å². The molecule has 7 heteroatoms. The largest absolute Gasteiger partial charge is 0.368 e. The van der Waals surface area contributed by atoms with Crippen LogP contribution in [0, 0.1) is 6.92 Å². The molecule has 0 radical (unpaired) electrons. The van der Waals surface area contributed by atoms with Crippen molar-refractivity contribution in [2.45, 2.75) is 6.92 Å². The van der Waals surface area contributed by atoms with E-state index in [1.165, 1.54) is 17.0 Å². The van der Waals surface area contributed by atoms with Crippen LogP contribution in [-0.4, -0.2) is 42.1 Å². The number of rotatable bonds is 4. The molecule has 1 amide bonds. The monoisotopic (exact) mass is 379 g/mol. The summed E-state index contributed by atoms with van der Waals surface area (Å²) in [5.74, 6) is 0.577. The zero-order valence-corrected chi connectivity index (χ0v) is 15.9. The van der Waals surface area contributed by atoms with E-state index in [-0.39, 0.29) is 5.91 Å². The minimum atomic E-state index is -0.124. The summed E-state index contributed by atoms with van der Waals surface area (Å²) in [6.45, 7) is 5.58. The predicted molar refractivity (Wildman–Crippen MR) is 110 cm³/mol. The molecular weight excluding hydrogens is 358 g/mol. The number of amides is 1. The molecule has 1 aliphatic rings. The van der Waals surface area contributed by atoms with Gasteiger partial charge in [-0.1, -0.05) is 18.2 Å². The Morgan fingerprint density at radius 3 is 2.33 bits per heavy atom. The van der Waals surface area contributed by atoms with Gasteiger partial charge >= 0.3 is 0 Å². The fraction of sp³-hybridized carbons (Fsp3) is 0.250. The van der Waals surface area contributed by atoms with Crippen LogP contribution in [0.1, 0.15) is 15.2 Å². The van der Waals surface area contributed by atoms with Crippen LogP contribution in [0.5, 0.6) is 0 Å². The number of nitrogens with zero attached hydrogens (tertiary/aromatic N) is 4. The van der Waals surface area contributed by atoms with E-state index < -0.39 is 0 Å². The van der Waals surface area contributed by atoms with Crippen LogP contribution in [-0.2, 0) is 0 Å². The molecule has 1 aromatic carbocycles. The average molecular weight is 379 g/mol. The van der Waals surface area contributed by atoms with E-state index in [1.54, 1.807) is 12.4 Å². The third kappa shape index (κ3) is 4.09. The number of thiophene rings is 1. The molecule has 1 fully saturated rings. The van der Waals surface area contributed by atoms with Crippen molar-refractivity contribution in [3.05, 3.63) is 64.6 Å². The molecule has 0 aliphatic carbocycles. The van der Waals surface area contributed by atoms with E-state index in [2.05, 4.69) is 49.4 Å². The molecule has 4 rings (SSSR count). The van der Waals surface area contributed by atoms with Crippen LogP contribution in [0.2, 0.25) is 0 Å². The van der Waals surface area contributed by atoms with E-state index in [9.17, 15) is 4.79 Å². The Labute approximate surface area is 162 Å². The normalized spacial score (nSPS) is 14.3. The molecule has 0 unspecified atom stereocenters. The molecule has 6 nitrogen and oxygen atoms in total. The lowest BCUT2D eigenvalue weighted by Gasteiger charge is -2.36. The van der Waals surface area contributed by atoms with Crippen molar-refractivity contribution in [3.8, 4) is 0 Å². The van der Waals surface area contributed by atoms with Gasteiger partial charge in [0.2, 0.25) is 5.95 Å². The first kappa shape index (κ1) is 17.5. The van der Waals surface area contributed by atoms with E-state index in [4.69, 9.17) is 0 Å². The number of piperazine rings is 1. The van der Waals surface area contributed by atoms with Gasteiger partial charge in [-0.25, -0.2) is 9.97 Å². The lowest BCUT2D eigenvalue weighted by Crippen LogP contribution is -2.47. The van der Waals surface area contributed by atoms with Crippen molar-refractivity contribution in [1.82, 2.24) is 9.97 Å². The van der Waals surface area contributed by atoms with Gasteiger partial charge in [-0.15, -0.1) is 11.3 Å². The number of carbonyl (C=O) groups excluding carboxylic acids is 1. The first-order valence-corrected chi connectivity index (χ1v) is 9.80. The Kier molecular flexibility index (Phi) is 5.02. The second-order valence-corrected chi connectivity index (χ2v) is 7.44. The number of aromatic nitrogens is 2. The summed E-state index contributed by atoms with van der Waals surface area (Å²) in [5.41, 5.74) is 2.95. The average Bonchev–Trinajstić information content (AvgIpc) is 3.16. The van der Waals surface area contributed by atoms with Crippen LogP contribution in [0.3, 0.4) is 0 Å². The van der Waals surface area contributed by atoms with Gasteiger partial charge in [0.25, 0.3) is 5.91 Å². The Bertz CT molecular complexity index is 902. The molecule has 0 saturated carbocycles. The van der Waals surface area contributed by atoms with E-state index in [0.717, 1.165) is 31.7 Å². The van der Waals surface area contributed by atoms with Crippen molar-refractivity contribution in [1.29, 1.82) is 0 Å². The van der Waals surface area contributed by atoms with Crippen LogP contribution < -0.4 is 15.1 Å². The lowest BCUT2D eigenvalue weighted by atomic mass is 10.2. The third-order valence-electron chi connectivity index (χ3n) is 4.53. The van der Waals surface area contributed by atoms with Crippen molar-refractivity contribution >= 4 is 34.6 Å². The number of aryl methyl sites for hydroxylation is 1. The minimum absolute atomic E-state index is 0.124. The quantitative estimate of drug-likeness (QED) is 0.753. The maximum atomic E-state index is 12.2. The fourth-order valence-electron chi connectivity index (χ4n) is 3.10. The topological polar surface area (TPSA) is 61.4 Å². The summed E-state index contributed by atoms with van der Waals surface area (Å²) in [4.78, 5) is 26.3. The van der Waals surface area contributed by atoms with Gasteiger partial charge < -0.3 is 15.1 Å². The molecule has 3 heterocycles. The third-order valence-corrected chi connectivity index (χ3v) is 5.58. The van der Waals surface area contributed by atoms with Crippen molar-refractivity contribution in [2.75, 3.05) is 41.3 Å². The Balaban J connectivity index is 1.35. The number of benzene rings is 1. The van der Waals surface area contributed by atoms with Crippen LogP contribution in [0.4, 0.5) is 17.3 Å². The number of hydrogen-bond donors (Lipinski definition) is 1. The highest BCUT2D eigenvalue weighted by molar-refractivity contribution is 7.12.